The Labute approximate surface area is 187 Å². The van der Waals surface area contributed by atoms with E-state index in [1.165, 1.54) is 16.0 Å². The van der Waals surface area contributed by atoms with Crippen LogP contribution in [0.15, 0.2) is 65.0 Å². The van der Waals surface area contributed by atoms with E-state index >= 15 is 0 Å². The molecule has 2 aromatic carbocycles. The summed E-state index contributed by atoms with van der Waals surface area (Å²) < 4.78 is 2.29. The number of para-hydroxylation sites is 1. The molecular weight excluding hydrogens is 434 g/mol. The fourth-order valence-corrected chi connectivity index (χ4v) is 4.68. The molecule has 0 N–H and O–H groups in total. The minimum absolute atomic E-state index is 0.00123. The van der Waals surface area contributed by atoms with Crippen LogP contribution in [0.4, 0.5) is 5.69 Å². The molecule has 2 aromatic heterocycles. The van der Waals surface area contributed by atoms with Crippen LogP contribution in [-0.4, -0.2) is 51.8 Å². The average Bonchev–Trinajstić information content (AvgIpc) is 3.29. The first-order chi connectivity index (χ1) is 15.1. The molecular formula is C22H18ClN5O2S. The summed E-state index contributed by atoms with van der Waals surface area (Å²) in [5.41, 5.74) is 4.24. The number of aromatic nitrogens is 3. The van der Waals surface area contributed by atoms with E-state index in [0.717, 1.165) is 10.2 Å². The maximum Gasteiger partial charge on any atom is 0.292 e. The first-order valence-corrected chi connectivity index (χ1v) is 11.1. The minimum atomic E-state index is -0.360. The van der Waals surface area contributed by atoms with Gasteiger partial charge in [0.15, 0.2) is 0 Å². The smallest absolute Gasteiger partial charge is 0.292 e. The maximum absolute atomic E-state index is 12.9. The van der Waals surface area contributed by atoms with Crippen LogP contribution < -0.4 is 10.5 Å². The van der Waals surface area contributed by atoms with Crippen LogP contribution in [0.3, 0.4) is 0 Å². The fraction of sp³-hybridized carbons (Fsp3) is 0.182. The molecule has 9 heteroatoms. The Morgan fingerprint density at radius 1 is 1.03 bits per heavy atom. The van der Waals surface area contributed by atoms with Crippen LogP contribution in [0.1, 0.15) is 10.4 Å². The van der Waals surface area contributed by atoms with E-state index in [9.17, 15) is 9.59 Å². The van der Waals surface area contributed by atoms with Crippen molar-refractivity contribution in [3.63, 3.8) is 0 Å². The fourth-order valence-electron chi connectivity index (χ4n) is 3.72. The van der Waals surface area contributed by atoms with Gasteiger partial charge in [0.1, 0.15) is 5.02 Å². The number of fused-ring (bicyclic) bond motifs is 1. The van der Waals surface area contributed by atoms with Gasteiger partial charge in [0, 0.05) is 31.7 Å². The van der Waals surface area contributed by atoms with Gasteiger partial charge in [0.05, 0.1) is 33.3 Å². The number of thiazole rings is 1. The lowest BCUT2D eigenvalue weighted by Crippen LogP contribution is -2.49. The number of amides is 1. The lowest BCUT2D eigenvalue weighted by atomic mass is 10.1. The van der Waals surface area contributed by atoms with E-state index in [-0.39, 0.29) is 16.5 Å². The second-order valence-corrected chi connectivity index (χ2v) is 8.47. The molecule has 0 atom stereocenters. The monoisotopic (exact) mass is 451 g/mol. The molecule has 1 amide bonds. The van der Waals surface area contributed by atoms with Gasteiger partial charge in [0.2, 0.25) is 0 Å². The zero-order valence-corrected chi connectivity index (χ0v) is 18.0. The third-order valence-electron chi connectivity index (χ3n) is 5.39. The summed E-state index contributed by atoms with van der Waals surface area (Å²) in [5, 5.41) is 4.44. The largest absolute Gasteiger partial charge is 0.365 e. The number of nitrogens with zero attached hydrogens (tertiary/aromatic N) is 5. The van der Waals surface area contributed by atoms with Gasteiger partial charge in [-0.05, 0) is 30.3 Å². The van der Waals surface area contributed by atoms with Crippen LogP contribution in [0, 0.1) is 0 Å². The maximum atomic E-state index is 12.9. The van der Waals surface area contributed by atoms with Gasteiger partial charge < -0.3 is 9.80 Å². The predicted molar refractivity (Wildman–Crippen MR) is 123 cm³/mol. The normalized spacial score (nSPS) is 14.2. The second kappa shape index (κ2) is 8.13. The lowest BCUT2D eigenvalue weighted by Gasteiger charge is -2.36. The van der Waals surface area contributed by atoms with Crippen molar-refractivity contribution >= 4 is 44.7 Å². The molecule has 156 valence electrons. The van der Waals surface area contributed by atoms with Crippen molar-refractivity contribution in [1.82, 2.24) is 19.7 Å². The molecule has 3 heterocycles. The van der Waals surface area contributed by atoms with E-state index in [0.29, 0.717) is 43.1 Å². The van der Waals surface area contributed by atoms with Crippen molar-refractivity contribution in [1.29, 1.82) is 0 Å². The molecule has 0 unspecified atom stereocenters. The predicted octanol–water partition coefficient (Wildman–Crippen LogP) is 3.46. The minimum Gasteiger partial charge on any atom is -0.365 e. The van der Waals surface area contributed by atoms with Crippen LogP contribution in [-0.2, 0) is 0 Å². The third kappa shape index (κ3) is 3.68. The van der Waals surface area contributed by atoms with Gasteiger partial charge in [-0.15, -0.1) is 11.3 Å². The molecule has 0 radical (unpaired) electrons. The van der Waals surface area contributed by atoms with Gasteiger partial charge >= 0.3 is 0 Å². The Hall–Kier alpha value is -3.23. The molecule has 0 spiro atoms. The molecule has 7 nitrogen and oxygen atoms in total. The molecule has 0 saturated carbocycles. The van der Waals surface area contributed by atoms with Gasteiger partial charge in [-0.1, -0.05) is 29.8 Å². The Kier molecular flexibility index (Phi) is 5.17. The Balaban J connectivity index is 1.31. The Morgan fingerprint density at radius 2 is 1.81 bits per heavy atom. The first kappa shape index (κ1) is 19.7. The van der Waals surface area contributed by atoms with E-state index in [1.807, 2.05) is 46.2 Å². The summed E-state index contributed by atoms with van der Waals surface area (Å²) in [4.78, 5) is 33.8. The van der Waals surface area contributed by atoms with Crippen LogP contribution in [0.2, 0.25) is 5.02 Å². The zero-order valence-electron chi connectivity index (χ0n) is 16.4. The number of hydrogen-bond acceptors (Lipinski definition) is 6. The van der Waals surface area contributed by atoms with Crippen molar-refractivity contribution in [3.8, 4) is 5.69 Å². The Morgan fingerprint density at radius 3 is 2.58 bits per heavy atom. The van der Waals surface area contributed by atoms with Crippen molar-refractivity contribution in [2.24, 2.45) is 0 Å². The van der Waals surface area contributed by atoms with Crippen LogP contribution in [0.25, 0.3) is 15.9 Å². The summed E-state index contributed by atoms with van der Waals surface area (Å²) >= 11 is 7.94. The molecule has 0 aliphatic carbocycles. The van der Waals surface area contributed by atoms with Crippen molar-refractivity contribution in [2.75, 3.05) is 31.1 Å². The topological polar surface area (TPSA) is 71.3 Å². The molecule has 5 rings (SSSR count). The van der Waals surface area contributed by atoms with Gasteiger partial charge in [0.25, 0.3) is 11.5 Å². The molecule has 4 aromatic rings. The molecule has 1 aliphatic heterocycles. The van der Waals surface area contributed by atoms with E-state index in [4.69, 9.17) is 11.6 Å². The standard InChI is InChI=1S/C22H18ClN5O2S/c23-20-18(13-25-28(22(20)30)16-4-2-1-3-5-16)26-8-10-27(11-9-26)21(29)15-6-7-17-19(12-15)31-14-24-17/h1-7,12-14H,8-11H2. The summed E-state index contributed by atoms with van der Waals surface area (Å²) in [6, 6.07) is 14.8. The summed E-state index contributed by atoms with van der Waals surface area (Å²) in [6.45, 7) is 2.23. The van der Waals surface area contributed by atoms with E-state index < -0.39 is 0 Å². The number of carbonyl (C=O) groups excluding carboxylic acids is 1. The number of carbonyl (C=O) groups is 1. The van der Waals surface area contributed by atoms with Crippen molar-refractivity contribution < 1.29 is 4.79 Å². The summed E-state index contributed by atoms with van der Waals surface area (Å²) in [5.74, 6) is -0.00123. The highest BCUT2D eigenvalue weighted by Gasteiger charge is 2.25. The highest BCUT2D eigenvalue weighted by atomic mass is 35.5. The van der Waals surface area contributed by atoms with Crippen LogP contribution >= 0.6 is 22.9 Å². The average molecular weight is 452 g/mol. The van der Waals surface area contributed by atoms with Crippen molar-refractivity contribution in [3.05, 3.63) is 81.2 Å². The highest BCUT2D eigenvalue weighted by Crippen LogP contribution is 2.24. The number of halogens is 1. The first-order valence-electron chi connectivity index (χ1n) is 9.82. The van der Waals surface area contributed by atoms with E-state index in [2.05, 4.69) is 10.1 Å². The molecule has 1 aliphatic rings. The SMILES string of the molecule is O=C(c1ccc2ncsc2c1)N1CCN(c2cnn(-c3ccccc3)c(=O)c2Cl)CC1. The van der Waals surface area contributed by atoms with Crippen LogP contribution in [0.5, 0.6) is 0 Å². The molecule has 1 saturated heterocycles. The Bertz CT molecular complexity index is 1310. The quantitative estimate of drug-likeness (QED) is 0.477. The molecule has 1 fully saturated rings. The lowest BCUT2D eigenvalue weighted by molar-refractivity contribution is 0.0747. The van der Waals surface area contributed by atoms with Gasteiger partial charge in [-0.2, -0.15) is 9.78 Å². The van der Waals surface area contributed by atoms with Gasteiger partial charge in [-0.3, -0.25) is 9.59 Å². The second-order valence-electron chi connectivity index (χ2n) is 7.21. The van der Waals surface area contributed by atoms with Gasteiger partial charge in [-0.25, -0.2) is 4.98 Å². The highest BCUT2D eigenvalue weighted by molar-refractivity contribution is 7.16. The third-order valence-corrected chi connectivity index (χ3v) is 6.53. The number of benzene rings is 2. The van der Waals surface area contributed by atoms with E-state index in [1.54, 1.807) is 23.8 Å². The van der Waals surface area contributed by atoms with Crippen molar-refractivity contribution in [2.45, 2.75) is 0 Å². The number of piperazine rings is 1. The molecule has 31 heavy (non-hydrogen) atoms. The number of hydrogen-bond donors (Lipinski definition) is 0. The zero-order chi connectivity index (χ0) is 21.4. The molecule has 0 bridgehead atoms. The number of rotatable bonds is 3. The number of anilines is 1. The summed E-state index contributed by atoms with van der Waals surface area (Å²) in [7, 11) is 0. The summed E-state index contributed by atoms with van der Waals surface area (Å²) in [6.07, 6.45) is 1.62.